The highest BCUT2D eigenvalue weighted by Crippen LogP contribution is 2.22. The standard InChI is InChI=1S/C11H16N2O3S/c1-12-17(15,16)11-4-2-9(3-5-11)13-7-6-10(14)8-13/h2-5,10,12,14H,6-8H2,1H3/t10-/m0/s1. The second-order valence-electron chi connectivity index (χ2n) is 4.09. The first-order chi connectivity index (χ1) is 8.03. The van der Waals surface area contributed by atoms with Gasteiger partial charge in [-0.15, -0.1) is 0 Å². The molecule has 1 aliphatic heterocycles. The van der Waals surface area contributed by atoms with E-state index >= 15 is 0 Å². The Morgan fingerprint density at radius 2 is 2.00 bits per heavy atom. The zero-order chi connectivity index (χ0) is 12.5. The van der Waals surface area contributed by atoms with Crippen LogP contribution >= 0.6 is 0 Å². The molecule has 1 aromatic rings. The molecular weight excluding hydrogens is 240 g/mol. The topological polar surface area (TPSA) is 69.6 Å². The summed E-state index contributed by atoms with van der Waals surface area (Å²) in [6.07, 6.45) is 0.479. The van der Waals surface area contributed by atoms with Crippen LogP contribution in [0.15, 0.2) is 29.2 Å². The van der Waals surface area contributed by atoms with Crippen molar-refractivity contribution in [2.24, 2.45) is 0 Å². The molecule has 0 bridgehead atoms. The Balaban J connectivity index is 2.19. The highest BCUT2D eigenvalue weighted by atomic mass is 32.2. The molecule has 6 heteroatoms. The monoisotopic (exact) mass is 256 g/mol. The van der Waals surface area contributed by atoms with Crippen LogP contribution in [0, 0.1) is 0 Å². The number of benzene rings is 1. The van der Waals surface area contributed by atoms with E-state index in [2.05, 4.69) is 4.72 Å². The normalized spacial score (nSPS) is 20.8. The summed E-state index contributed by atoms with van der Waals surface area (Å²) in [7, 11) is -1.98. The third-order valence-corrected chi connectivity index (χ3v) is 4.37. The van der Waals surface area contributed by atoms with E-state index in [0.717, 1.165) is 18.7 Å². The largest absolute Gasteiger partial charge is 0.391 e. The predicted octanol–water partition coefficient (Wildman–Crippen LogP) is 0.166. The summed E-state index contributed by atoms with van der Waals surface area (Å²) >= 11 is 0. The molecule has 17 heavy (non-hydrogen) atoms. The van der Waals surface area contributed by atoms with Gasteiger partial charge in [-0.1, -0.05) is 0 Å². The molecule has 94 valence electrons. The van der Waals surface area contributed by atoms with Gasteiger partial charge in [0.1, 0.15) is 0 Å². The van der Waals surface area contributed by atoms with Crippen LogP contribution in [0.4, 0.5) is 5.69 Å². The number of anilines is 1. The molecule has 0 amide bonds. The number of hydrogen-bond donors (Lipinski definition) is 2. The highest BCUT2D eigenvalue weighted by molar-refractivity contribution is 7.89. The number of aliphatic hydroxyl groups excluding tert-OH is 1. The Hall–Kier alpha value is -1.11. The number of nitrogens with zero attached hydrogens (tertiary/aromatic N) is 1. The number of rotatable bonds is 3. The molecule has 0 unspecified atom stereocenters. The van der Waals surface area contributed by atoms with Crippen LogP contribution in [0.25, 0.3) is 0 Å². The van der Waals surface area contributed by atoms with Gasteiger partial charge in [-0.25, -0.2) is 13.1 Å². The minimum absolute atomic E-state index is 0.253. The van der Waals surface area contributed by atoms with E-state index < -0.39 is 10.0 Å². The van der Waals surface area contributed by atoms with E-state index in [1.807, 2.05) is 4.90 Å². The van der Waals surface area contributed by atoms with Crippen LogP contribution in [0.3, 0.4) is 0 Å². The zero-order valence-electron chi connectivity index (χ0n) is 9.63. The fourth-order valence-electron chi connectivity index (χ4n) is 1.93. The SMILES string of the molecule is CNS(=O)(=O)c1ccc(N2CC[C@H](O)C2)cc1. The maximum absolute atomic E-state index is 11.5. The molecule has 1 fully saturated rings. The zero-order valence-corrected chi connectivity index (χ0v) is 10.4. The van der Waals surface area contributed by atoms with Crippen LogP contribution in [0.2, 0.25) is 0 Å². The number of aliphatic hydroxyl groups is 1. The van der Waals surface area contributed by atoms with Crippen LogP contribution in [-0.4, -0.2) is 39.8 Å². The van der Waals surface area contributed by atoms with Gasteiger partial charge in [-0.2, -0.15) is 0 Å². The van der Waals surface area contributed by atoms with Crippen LogP contribution < -0.4 is 9.62 Å². The quantitative estimate of drug-likeness (QED) is 0.808. The van der Waals surface area contributed by atoms with E-state index in [0.29, 0.717) is 6.54 Å². The van der Waals surface area contributed by atoms with Crippen molar-refractivity contribution < 1.29 is 13.5 Å². The summed E-state index contributed by atoms with van der Waals surface area (Å²) in [5.41, 5.74) is 0.941. The molecule has 0 aliphatic carbocycles. The molecule has 0 saturated carbocycles. The maximum Gasteiger partial charge on any atom is 0.240 e. The maximum atomic E-state index is 11.5. The van der Waals surface area contributed by atoms with Crippen molar-refractivity contribution in [3.05, 3.63) is 24.3 Å². The van der Waals surface area contributed by atoms with Crippen molar-refractivity contribution >= 4 is 15.7 Å². The molecular formula is C11H16N2O3S. The third-order valence-electron chi connectivity index (χ3n) is 2.94. The summed E-state index contributed by atoms with van der Waals surface area (Å²) < 4.78 is 25.3. The lowest BCUT2D eigenvalue weighted by Gasteiger charge is -2.17. The van der Waals surface area contributed by atoms with E-state index in [1.54, 1.807) is 24.3 Å². The summed E-state index contributed by atoms with van der Waals surface area (Å²) in [6.45, 7) is 1.41. The molecule has 1 aliphatic rings. The molecule has 5 nitrogen and oxygen atoms in total. The molecule has 0 radical (unpaired) electrons. The fourth-order valence-corrected chi connectivity index (χ4v) is 2.66. The van der Waals surface area contributed by atoms with Crippen molar-refractivity contribution in [2.75, 3.05) is 25.0 Å². The first-order valence-electron chi connectivity index (χ1n) is 5.49. The summed E-state index contributed by atoms with van der Waals surface area (Å²) in [4.78, 5) is 2.30. The number of sulfonamides is 1. The molecule has 1 aromatic carbocycles. The molecule has 0 aromatic heterocycles. The average molecular weight is 256 g/mol. The van der Waals surface area contributed by atoms with Gasteiger partial charge in [0.05, 0.1) is 11.0 Å². The van der Waals surface area contributed by atoms with Gasteiger partial charge in [-0.3, -0.25) is 0 Å². The molecule has 2 N–H and O–H groups in total. The Bertz CT molecular complexity index is 484. The van der Waals surface area contributed by atoms with Crippen molar-refractivity contribution in [3.8, 4) is 0 Å². The van der Waals surface area contributed by atoms with Gasteiger partial charge in [0.15, 0.2) is 0 Å². The van der Waals surface area contributed by atoms with Gasteiger partial charge in [-0.05, 0) is 37.7 Å². The van der Waals surface area contributed by atoms with Crippen LogP contribution in [0.1, 0.15) is 6.42 Å². The van der Waals surface area contributed by atoms with Crippen molar-refractivity contribution in [1.29, 1.82) is 0 Å². The van der Waals surface area contributed by atoms with Gasteiger partial charge in [0.2, 0.25) is 10.0 Å². The molecule has 2 rings (SSSR count). The lowest BCUT2D eigenvalue weighted by Crippen LogP contribution is -2.21. The molecule has 1 heterocycles. The minimum Gasteiger partial charge on any atom is -0.391 e. The first kappa shape index (κ1) is 12.3. The number of β-amino-alcohol motifs (C(OH)–C–C–N with tert-alkyl or cyclic N) is 1. The van der Waals surface area contributed by atoms with E-state index in [1.165, 1.54) is 7.05 Å². The number of nitrogens with one attached hydrogen (secondary N) is 1. The minimum atomic E-state index is -3.37. The summed E-state index contributed by atoms with van der Waals surface area (Å²) in [6, 6.07) is 6.68. The van der Waals surface area contributed by atoms with Gasteiger partial charge < -0.3 is 10.0 Å². The second kappa shape index (κ2) is 4.64. The Morgan fingerprint density at radius 3 is 2.47 bits per heavy atom. The second-order valence-corrected chi connectivity index (χ2v) is 5.98. The lowest BCUT2D eigenvalue weighted by atomic mass is 10.3. The average Bonchev–Trinajstić information content (AvgIpc) is 2.76. The Kier molecular flexibility index (Phi) is 3.37. The van der Waals surface area contributed by atoms with Gasteiger partial charge in [0, 0.05) is 18.8 Å². The van der Waals surface area contributed by atoms with E-state index in [9.17, 15) is 13.5 Å². The van der Waals surface area contributed by atoms with Crippen molar-refractivity contribution in [3.63, 3.8) is 0 Å². The molecule has 1 atom stereocenters. The van der Waals surface area contributed by atoms with E-state index in [-0.39, 0.29) is 11.0 Å². The summed E-state index contributed by atoms with van der Waals surface area (Å²) in [5.74, 6) is 0. The fraction of sp³-hybridized carbons (Fsp3) is 0.455. The van der Waals surface area contributed by atoms with Crippen LogP contribution in [-0.2, 0) is 10.0 Å². The summed E-state index contributed by atoms with van der Waals surface area (Å²) in [5, 5.41) is 9.44. The Labute approximate surface area is 101 Å². The van der Waals surface area contributed by atoms with Crippen LogP contribution in [0.5, 0.6) is 0 Å². The van der Waals surface area contributed by atoms with Gasteiger partial charge >= 0.3 is 0 Å². The Morgan fingerprint density at radius 1 is 1.35 bits per heavy atom. The van der Waals surface area contributed by atoms with Crippen molar-refractivity contribution in [2.45, 2.75) is 17.4 Å². The van der Waals surface area contributed by atoms with E-state index in [4.69, 9.17) is 0 Å². The predicted molar refractivity (Wildman–Crippen MR) is 65.5 cm³/mol. The third kappa shape index (κ3) is 2.59. The number of hydrogen-bond acceptors (Lipinski definition) is 4. The molecule has 1 saturated heterocycles. The smallest absolute Gasteiger partial charge is 0.240 e. The van der Waals surface area contributed by atoms with Crippen molar-refractivity contribution in [1.82, 2.24) is 4.72 Å². The highest BCUT2D eigenvalue weighted by Gasteiger charge is 2.20. The lowest BCUT2D eigenvalue weighted by molar-refractivity contribution is 0.198. The first-order valence-corrected chi connectivity index (χ1v) is 6.98. The van der Waals surface area contributed by atoms with Gasteiger partial charge in [0.25, 0.3) is 0 Å². The molecule has 0 spiro atoms.